The lowest BCUT2D eigenvalue weighted by Gasteiger charge is -2.04. The zero-order chi connectivity index (χ0) is 11.7. The predicted octanol–water partition coefficient (Wildman–Crippen LogP) is 3.39. The van der Waals surface area contributed by atoms with Crippen molar-refractivity contribution in [3.8, 4) is 0 Å². The van der Waals surface area contributed by atoms with Crippen LogP contribution < -0.4 is 0 Å². The fraction of sp³-hybridized carbons (Fsp3) is 0.167. The maximum atomic E-state index is 8.71. The highest BCUT2D eigenvalue weighted by Gasteiger charge is 2.05. The van der Waals surface area contributed by atoms with Crippen LogP contribution in [0, 0.1) is 6.92 Å². The van der Waals surface area contributed by atoms with Gasteiger partial charge in [0.1, 0.15) is 0 Å². The average Bonchev–Trinajstić information content (AvgIpc) is 2.27. The SMILES string of the molecule is C/C(=N\O)c1ccc2nc(C)cc(Cl)c2c1. The third-order valence-electron chi connectivity index (χ3n) is 2.45. The van der Waals surface area contributed by atoms with Gasteiger partial charge in [-0.25, -0.2) is 0 Å². The van der Waals surface area contributed by atoms with Gasteiger partial charge < -0.3 is 5.21 Å². The summed E-state index contributed by atoms with van der Waals surface area (Å²) in [6, 6.07) is 7.43. The quantitative estimate of drug-likeness (QED) is 0.467. The van der Waals surface area contributed by atoms with Gasteiger partial charge >= 0.3 is 0 Å². The molecule has 0 bridgehead atoms. The van der Waals surface area contributed by atoms with Crippen LogP contribution in [0.1, 0.15) is 18.2 Å². The Morgan fingerprint density at radius 3 is 2.81 bits per heavy atom. The van der Waals surface area contributed by atoms with Crippen molar-refractivity contribution >= 4 is 28.2 Å². The number of fused-ring (bicyclic) bond motifs is 1. The third-order valence-corrected chi connectivity index (χ3v) is 2.77. The first-order valence-corrected chi connectivity index (χ1v) is 5.25. The van der Waals surface area contributed by atoms with Crippen LogP contribution in [0.15, 0.2) is 29.4 Å². The van der Waals surface area contributed by atoms with Crippen molar-refractivity contribution in [2.45, 2.75) is 13.8 Å². The molecule has 1 heterocycles. The normalized spacial score (nSPS) is 12.1. The van der Waals surface area contributed by atoms with Crippen molar-refractivity contribution in [2.24, 2.45) is 5.16 Å². The summed E-state index contributed by atoms with van der Waals surface area (Å²) in [6.07, 6.45) is 0. The molecule has 0 saturated carbocycles. The highest BCUT2D eigenvalue weighted by molar-refractivity contribution is 6.35. The van der Waals surface area contributed by atoms with E-state index in [0.29, 0.717) is 10.7 Å². The molecule has 3 nitrogen and oxygen atoms in total. The van der Waals surface area contributed by atoms with Crippen LogP contribution in [0.2, 0.25) is 5.02 Å². The Morgan fingerprint density at radius 2 is 2.12 bits per heavy atom. The van der Waals surface area contributed by atoms with Gasteiger partial charge in [0, 0.05) is 11.1 Å². The van der Waals surface area contributed by atoms with Crippen LogP contribution >= 0.6 is 11.6 Å². The van der Waals surface area contributed by atoms with E-state index < -0.39 is 0 Å². The lowest BCUT2D eigenvalue weighted by atomic mass is 10.1. The smallest absolute Gasteiger partial charge is 0.0837 e. The zero-order valence-corrected chi connectivity index (χ0v) is 9.78. The van der Waals surface area contributed by atoms with E-state index in [9.17, 15) is 0 Å². The topological polar surface area (TPSA) is 45.5 Å². The minimum atomic E-state index is 0.554. The molecule has 0 saturated heterocycles. The molecule has 0 radical (unpaired) electrons. The largest absolute Gasteiger partial charge is 0.411 e. The highest BCUT2D eigenvalue weighted by Crippen LogP contribution is 2.24. The van der Waals surface area contributed by atoms with Crippen LogP contribution in [0.3, 0.4) is 0 Å². The van der Waals surface area contributed by atoms with Crippen molar-refractivity contribution < 1.29 is 5.21 Å². The molecular formula is C12H11ClN2O. The van der Waals surface area contributed by atoms with E-state index in [4.69, 9.17) is 16.8 Å². The Morgan fingerprint density at radius 1 is 1.38 bits per heavy atom. The first kappa shape index (κ1) is 10.9. The van der Waals surface area contributed by atoms with Gasteiger partial charge in [-0.15, -0.1) is 0 Å². The number of pyridine rings is 1. The molecule has 2 aromatic rings. The lowest BCUT2D eigenvalue weighted by molar-refractivity contribution is 0.319. The molecule has 0 amide bonds. The second-order valence-electron chi connectivity index (χ2n) is 3.66. The van der Waals surface area contributed by atoms with Crippen molar-refractivity contribution in [3.63, 3.8) is 0 Å². The van der Waals surface area contributed by atoms with Gasteiger partial charge in [-0.3, -0.25) is 4.98 Å². The monoisotopic (exact) mass is 234 g/mol. The predicted molar refractivity (Wildman–Crippen MR) is 65.5 cm³/mol. The van der Waals surface area contributed by atoms with Gasteiger partial charge in [0.15, 0.2) is 0 Å². The highest BCUT2D eigenvalue weighted by atomic mass is 35.5. The second kappa shape index (κ2) is 4.10. The molecule has 1 N–H and O–H groups in total. The molecule has 4 heteroatoms. The van der Waals surface area contributed by atoms with Gasteiger partial charge in [-0.05, 0) is 37.6 Å². The summed E-state index contributed by atoms with van der Waals surface area (Å²) in [7, 11) is 0. The van der Waals surface area contributed by atoms with E-state index >= 15 is 0 Å². The second-order valence-corrected chi connectivity index (χ2v) is 4.07. The summed E-state index contributed by atoms with van der Waals surface area (Å²) in [5.74, 6) is 0. The van der Waals surface area contributed by atoms with Crippen molar-refractivity contribution in [1.82, 2.24) is 4.98 Å². The number of hydrogen-bond acceptors (Lipinski definition) is 3. The molecule has 0 unspecified atom stereocenters. The first-order valence-electron chi connectivity index (χ1n) is 4.88. The van der Waals surface area contributed by atoms with Crippen LogP contribution in [-0.2, 0) is 0 Å². The zero-order valence-electron chi connectivity index (χ0n) is 9.03. The number of halogens is 1. The molecule has 0 aliphatic carbocycles. The maximum Gasteiger partial charge on any atom is 0.0837 e. The standard InChI is InChI=1S/C12H11ClN2O/c1-7-5-11(13)10-6-9(8(2)15-16)3-4-12(10)14-7/h3-6,16H,1-2H3/b15-8+. The van der Waals surface area contributed by atoms with Crippen molar-refractivity contribution in [2.75, 3.05) is 0 Å². The Hall–Kier alpha value is -1.61. The Labute approximate surface area is 98.4 Å². The molecule has 0 spiro atoms. The van der Waals surface area contributed by atoms with Gasteiger partial charge in [0.25, 0.3) is 0 Å². The Balaban J connectivity index is 2.71. The average molecular weight is 235 g/mol. The summed E-state index contributed by atoms with van der Waals surface area (Å²) in [6.45, 7) is 3.64. The first-order chi connectivity index (χ1) is 7.61. The number of aryl methyl sites for hydroxylation is 1. The van der Waals surface area contributed by atoms with E-state index in [1.54, 1.807) is 6.92 Å². The van der Waals surface area contributed by atoms with E-state index in [0.717, 1.165) is 22.2 Å². The molecule has 0 fully saturated rings. The molecule has 16 heavy (non-hydrogen) atoms. The van der Waals surface area contributed by atoms with Gasteiger partial charge in [-0.2, -0.15) is 0 Å². The molecule has 0 atom stereocenters. The summed E-state index contributed by atoms with van der Waals surface area (Å²) < 4.78 is 0. The van der Waals surface area contributed by atoms with E-state index in [1.807, 2.05) is 31.2 Å². The summed E-state index contributed by atoms with van der Waals surface area (Å²) in [5, 5.41) is 13.4. The molecule has 1 aromatic carbocycles. The van der Waals surface area contributed by atoms with Gasteiger partial charge in [0.05, 0.1) is 16.3 Å². The fourth-order valence-electron chi connectivity index (χ4n) is 1.59. The summed E-state index contributed by atoms with van der Waals surface area (Å²) in [5.41, 5.74) is 3.12. The lowest BCUT2D eigenvalue weighted by Crippen LogP contribution is -1.95. The number of aromatic nitrogens is 1. The number of rotatable bonds is 1. The van der Waals surface area contributed by atoms with Crippen LogP contribution in [0.25, 0.3) is 10.9 Å². The number of benzene rings is 1. The molecule has 1 aromatic heterocycles. The Bertz CT molecular complexity index is 578. The minimum Gasteiger partial charge on any atom is -0.411 e. The van der Waals surface area contributed by atoms with E-state index in [2.05, 4.69) is 10.1 Å². The molecule has 82 valence electrons. The number of nitrogens with zero attached hydrogens (tertiary/aromatic N) is 2. The third kappa shape index (κ3) is 1.86. The minimum absolute atomic E-state index is 0.554. The van der Waals surface area contributed by atoms with Crippen molar-refractivity contribution in [3.05, 3.63) is 40.5 Å². The van der Waals surface area contributed by atoms with E-state index in [-0.39, 0.29) is 0 Å². The summed E-state index contributed by atoms with van der Waals surface area (Å²) in [4.78, 5) is 4.38. The van der Waals surface area contributed by atoms with Gasteiger partial charge in [-0.1, -0.05) is 22.8 Å². The summed E-state index contributed by atoms with van der Waals surface area (Å²) >= 11 is 6.14. The molecule has 0 aliphatic rings. The van der Waals surface area contributed by atoms with Crippen LogP contribution in [0.5, 0.6) is 0 Å². The van der Waals surface area contributed by atoms with Crippen LogP contribution in [0.4, 0.5) is 0 Å². The molecular weight excluding hydrogens is 224 g/mol. The maximum absolute atomic E-state index is 8.71. The molecule has 2 rings (SSSR count). The number of hydrogen-bond donors (Lipinski definition) is 1. The van der Waals surface area contributed by atoms with E-state index in [1.165, 1.54) is 0 Å². The van der Waals surface area contributed by atoms with Crippen molar-refractivity contribution in [1.29, 1.82) is 0 Å². The Kier molecular flexibility index (Phi) is 2.79. The number of oxime groups is 1. The molecule has 0 aliphatic heterocycles. The fourth-order valence-corrected chi connectivity index (χ4v) is 1.90. The van der Waals surface area contributed by atoms with Crippen LogP contribution in [-0.4, -0.2) is 15.9 Å². The van der Waals surface area contributed by atoms with Gasteiger partial charge in [0.2, 0.25) is 0 Å².